The van der Waals surface area contributed by atoms with E-state index < -0.39 is 11.8 Å². The summed E-state index contributed by atoms with van der Waals surface area (Å²) >= 11 is 0. The van der Waals surface area contributed by atoms with Gasteiger partial charge in [0.2, 0.25) is 0 Å². The standard InChI is InChI=1S/C14H18FNO3/c1-18-14(17)12-9-11(15)5-6-13(12)19-10-16-7-3-2-4-8-16/h5-6,9H,2-4,7-8,10H2,1H3. The van der Waals surface area contributed by atoms with Crippen LogP contribution in [0.25, 0.3) is 0 Å². The number of hydrogen-bond acceptors (Lipinski definition) is 4. The molecule has 1 aliphatic heterocycles. The highest BCUT2D eigenvalue weighted by Crippen LogP contribution is 2.21. The molecule has 2 rings (SSSR count). The number of benzene rings is 1. The fraction of sp³-hybridized carbons (Fsp3) is 0.500. The molecule has 19 heavy (non-hydrogen) atoms. The molecule has 1 aromatic carbocycles. The summed E-state index contributed by atoms with van der Waals surface area (Å²) in [7, 11) is 1.27. The molecular formula is C14H18FNO3. The van der Waals surface area contributed by atoms with Crippen LogP contribution in [-0.4, -0.2) is 37.8 Å². The van der Waals surface area contributed by atoms with Gasteiger partial charge < -0.3 is 9.47 Å². The molecule has 104 valence electrons. The molecule has 0 saturated carbocycles. The maximum absolute atomic E-state index is 13.2. The van der Waals surface area contributed by atoms with Gasteiger partial charge >= 0.3 is 5.97 Å². The predicted octanol–water partition coefficient (Wildman–Crippen LogP) is 2.43. The fourth-order valence-electron chi connectivity index (χ4n) is 2.15. The molecule has 4 nitrogen and oxygen atoms in total. The predicted molar refractivity (Wildman–Crippen MR) is 68.7 cm³/mol. The van der Waals surface area contributed by atoms with Crippen molar-refractivity contribution in [2.24, 2.45) is 0 Å². The van der Waals surface area contributed by atoms with Crippen molar-refractivity contribution in [1.82, 2.24) is 4.90 Å². The van der Waals surface area contributed by atoms with Gasteiger partial charge in [0.05, 0.1) is 7.11 Å². The van der Waals surface area contributed by atoms with Gasteiger partial charge in [0.25, 0.3) is 0 Å². The first-order valence-corrected chi connectivity index (χ1v) is 6.43. The summed E-state index contributed by atoms with van der Waals surface area (Å²) in [6.45, 7) is 2.40. The fourth-order valence-corrected chi connectivity index (χ4v) is 2.15. The van der Waals surface area contributed by atoms with E-state index in [1.165, 1.54) is 25.7 Å². The lowest BCUT2D eigenvalue weighted by molar-refractivity contribution is 0.0586. The second kappa shape index (κ2) is 6.52. The van der Waals surface area contributed by atoms with Crippen LogP contribution in [-0.2, 0) is 4.74 Å². The molecule has 0 atom stereocenters. The second-order valence-corrected chi connectivity index (χ2v) is 4.58. The summed E-state index contributed by atoms with van der Waals surface area (Å²) in [6.07, 6.45) is 3.58. The van der Waals surface area contributed by atoms with E-state index in [0.29, 0.717) is 12.5 Å². The molecule has 1 aromatic rings. The number of hydrogen-bond donors (Lipinski definition) is 0. The maximum Gasteiger partial charge on any atom is 0.341 e. The summed E-state index contributed by atoms with van der Waals surface area (Å²) in [4.78, 5) is 13.7. The van der Waals surface area contributed by atoms with Gasteiger partial charge in [-0.15, -0.1) is 0 Å². The lowest BCUT2D eigenvalue weighted by Crippen LogP contribution is -2.33. The minimum absolute atomic E-state index is 0.125. The summed E-state index contributed by atoms with van der Waals surface area (Å²) in [6, 6.07) is 3.88. The number of carbonyl (C=O) groups excluding carboxylic acids is 1. The summed E-state index contributed by atoms with van der Waals surface area (Å²) in [5.74, 6) is -0.710. The zero-order chi connectivity index (χ0) is 13.7. The second-order valence-electron chi connectivity index (χ2n) is 4.58. The zero-order valence-corrected chi connectivity index (χ0v) is 11.0. The van der Waals surface area contributed by atoms with Crippen LogP contribution in [0.5, 0.6) is 5.75 Å². The van der Waals surface area contributed by atoms with E-state index in [4.69, 9.17) is 4.74 Å². The number of likely N-dealkylation sites (tertiary alicyclic amines) is 1. The van der Waals surface area contributed by atoms with Crippen molar-refractivity contribution in [1.29, 1.82) is 0 Å². The normalized spacial score (nSPS) is 16.1. The summed E-state index contributed by atoms with van der Waals surface area (Å²) in [5, 5.41) is 0. The number of methoxy groups -OCH3 is 1. The lowest BCUT2D eigenvalue weighted by atomic mass is 10.1. The van der Waals surface area contributed by atoms with E-state index in [1.54, 1.807) is 0 Å². The van der Waals surface area contributed by atoms with E-state index in [9.17, 15) is 9.18 Å². The zero-order valence-electron chi connectivity index (χ0n) is 11.0. The van der Waals surface area contributed by atoms with Crippen molar-refractivity contribution in [2.75, 3.05) is 26.9 Å². The maximum atomic E-state index is 13.2. The van der Waals surface area contributed by atoms with Crippen LogP contribution in [0, 0.1) is 5.82 Å². The Bertz CT molecular complexity index is 444. The van der Waals surface area contributed by atoms with Crippen molar-refractivity contribution >= 4 is 5.97 Å². The van der Waals surface area contributed by atoms with Gasteiger partial charge in [-0.3, -0.25) is 4.90 Å². The first-order valence-electron chi connectivity index (χ1n) is 6.43. The SMILES string of the molecule is COC(=O)c1cc(F)ccc1OCN1CCCCC1. The monoisotopic (exact) mass is 267 g/mol. The van der Waals surface area contributed by atoms with Crippen molar-refractivity contribution in [3.8, 4) is 5.75 Å². The minimum atomic E-state index is -0.590. The molecule has 0 N–H and O–H groups in total. The van der Waals surface area contributed by atoms with Crippen LogP contribution < -0.4 is 4.74 Å². The molecule has 0 spiro atoms. The molecular weight excluding hydrogens is 249 g/mol. The molecule has 1 saturated heterocycles. The largest absolute Gasteiger partial charge is 0.477 e. The van der Waals surface area contributed by atoms with Crippen molar-refractivity contribution < 1.29 is 18.7 Å². The number of halogens is 1. The van der Waals surface area contributed by atoms with E-state index in [1.807, 2.05) is 0 Å². The third-order valence-corrected chi connectivity index (χ3v) is 3.20. The average molecular weight is 267 g/mol. The van der Waals surface area contributed by atoms with Gasteiger partial charge in [-0.05, 0) is 31.0 Å². The molecule has 0 unspecified atom stereocenters. The quantitative estimate of drug-likeness (QED) is 0.785. The van der Waals surface area contributed by atoms with Crippen LogP contribution in [0.3, 0.4) is 0 Å². The number of ether oxygens (including phenoxy) is 2. The van der Waals surface area contributed by atoms with E-state index >= 15 is 0 Å². The van der Waals surface area contributed by atoms with E-state index in [-0.39, 0.29) is 5.56 Å². The van der Waals surface area contributed by atoms with Gasteiger partial charge in [-0.25, -0.2) is 9.18 Å². The third-order valence-electron chi connectivity index (χ3n) is 3.20. The molecule has 0 radical (unpaired) electrons. The molecule has 1 fully saturated rings. The highest BCUT2D eigenvalue weighted by molar-refractivity contribution is 5.92. The minimum Gasteiger partial charge on any atom is -0.477 e. The lowest BCUT2D eigenvalue weighted by Gasteiger charge is -2.26. The smallest absolute Gasteiger partial charge is 0.341 e. The Labute approximate surface area is 112 Å². The highest BCUT2D eigenvalue weighted by atomic mass is 19.1. The molecule has 1 heterocycles. The molecule has 0 amide bonds. The van der Waals surface area contributed by atoms with Gasteiger partial charge in [0, 0.05) is 13.1 Å². The van der Waals surface area contributed by atoms with Gasteiger partial charge in [-0.1, -0.05) is 6.42 Å². The van der Waals surface area contributed by atoms with E-state index in [2.05, 4.69) is 9.64 Å². The van der Waals surface area contributed by atoms with Crippen LogP contribution in [0.4, 0.5) is 4.39 Å². The Balaban J connectivity index is 2.04. The van der Waals surface area contributed by atoms with Crippen LogP contribution >= 0.6 is 0 Å². The molecule has 0 aliphatic carbocycles. The number of carbonyl (C=O) groups is 1. The van der Waals surface area contributed by atoms with Crippen LogP contribution in [0.15, 0.2) is 18.2 Å². The molecule has 0 aromatic heterocycles. The van der Waals surface area contributed by atoms with Gasteiger partial charge in [0.15, 0.2) is 0 Å². The molecule has 0 bridgehead atoms. The Morgan fingerprint density at radius 3 is 2.74 bits per heavy atom. The van der Waals surface area contributed by atoms with Crippen molar-refractivity contribution in [3.05, 3.63) is 29.6 Å². The topological polar surface area (TPSA) is 38.8 Å². The Morgan fingerprint density at radius 1 is 1.32 bits per heavy atom. The number of piperidine rings is 1. The average Bonchev–Trinajstić information content (AvgIpc) is 2.46. The first kappa shape index (κ1) is 13.8. The number of esters is 1. The van der Waals surface area contributed by atoms with E-state index in [0.717, 1.165) is 32.0 Å². The third kappa shape index (κ3) is 3.67. The van der Waals surface area contributed by atoms with Gasteiger partial charge in [-0.2, -0.15) is 0 Å². The van der Waals surface area contributed by atoms with Gasteiger partial charge in [0.1, 0.15) is 23.9 Å². The summed E-state index contributed by atoms with van der Waals surface area (Å²) in [5.41, 5.74) is 0.125. The summed E-state index contributed by atoms with van der Waals surface area (Å²) < 4.78 is 23.4. The van der Waals surface area contributed by atoms with Crippen LogP contribution in [0.1, 0.15) is 29.6 Å². The molecule has 1 aliphatic rings. The highest BCUT2D eigenvalue weighted by Gasteiger charge is 2.16. The Morgan fingerprint density at radius 2 is 2.05 bits per heavy atom. The molecule has 5 heteroatoms. The Hall–Kier alpha value is -1.62. The number of nitrogens with zero attached hydrogens (tertiary/aromatic N) is 1. The van der Waals surface area contributed by atoms with Crippen molar-refractivity contribution in [3.63, 3.8) is 0 Å². The number of rotatable bonds is 4. The van der Waals surface area contributed by atoms with Crippen LogP contribution in [0.2, 0.25) is 0 Å². The first-order chi connectivity index (χ1) is 9.20. The Kier molecular flexibility index (Phi) is 4.74. The van der Waals surface area contributed by atoms with Crippen molar-refractivity contribution in [2.45, 2.75) is 19.3 Å².